The molecule has 32 heavy (non-hydrogen) atoms. The van der Waals surface area contributed by atoms with Crippen molar-refractivity contribution >= 4 is 87.2 Å². The van der Waals surface area contributed by atoms with E-state index in [2.05, 4.69) is 74.9 Å². The lowest BCUT2D eigenvalue weighted by atomic mass is 9.96. The van der Waals surface area contributed by atoms with E-state index in [4.69, 9.17) is 9.98 Å². The van der Waals surface area contributed by atoms with Gasteiger partial charge >= 0.3 is 0 Å². The molecule has 0 aliphatic carbocycles. The van der Waals surface area contributed by atoms with Crippen molar-refractivity contribution in [3.05, 3.63) is 47.2 Å². The number of rotatable bonds is 6. The summed E-state index contributed by atoms with van der Waals surface area (Å²) in [6.07, 6.45) is 3.88. The molecule has 0 amide bonds. The molecule has 2 aromatic heterocycles. The van der Waals surface area contributed by atoms with Crippen LogP contribution in [0.4, 0.5) is 11.4 Å². The zero-order valence-corrected chi connectivity index (χ0v) is 20.8. The number of nitrogens with zero attached hydrogens (tertiary/aromatic N) is 2. The van der Waals surface area contributed by atoms with E-state index in [1.54, 1.807) is 22.7 Å². The molecule has 0 fully saturated rings. The largest absolute Gasteiger partial charge is 0.257 e. The van der Waals surface area contributed by atoms with E-state index in [1.807, 2.05) is 0 Å². The van der Waals surface area contributed by atoms with Gasteiger partial charge in [0.15, 0.2) is 0 Å². The quantitative estimate of drug-likeness (QED) is 0.179. The van der Waals surface area contributed by atoms with Gasteiger partial charge in [0.1, 0.15) is 0 Å². The summed E-state index contributed by atoms with van der Waals surface area (Å²) in [4.78, 5) is 10.5. The molecule has 4 heteroatoms. The van der Waals surface area contributed by atoms with E-state index in [0.29, 0.717) is 0 Å². The molecule has 0 N–H and O–H groups in total. The highest BCUT2D eigenvalue weighted by atomic mass is 32.1. The van der Waals surface area contributed by atoms with Crippen LogP contribution in [-0.4, -0.2) is 11.4 Å². The summed E-state index contributed by atoms with van der Waals surface area (Å²) in [6, 6.07) is 13.8. The summed E-state index contributed by atoms with van der Waals surface area (Å²) in [7, 11) is 0. The van der Waals surface area contributed by atoms with Gasteiger partial charge in [0.2, 0.25) is 0 Å². The zero-order valence-electron chi connectivity index (χ0n) is 19.2. The van der Waals surface area contributed by atoms with Crippen LogP contribution in [0.2, 0.25) is 0 Å². The first-order valence-electron chi connectivity index (χ1n) is 11.6. The first-order chi connectivity index (χ1) is 15.7. The first kappa shape index (κ1) is 21.3. The third kappa shape index (κ3) is 3.56. The summed E-state index contributed by atoms with van der Waals surface area (Å²) in [5.41, 5.74) is 4.68. The minimum absolute atomic E-state index is 0.969. The molecule has 2 nitrogen and oxygen atoms in total. The molecule has 0 aliphatic rings. The minimum Gasteiger partial charge on any atom is -0.257 e. The highest BCUT2D eigenvalue weighted by molar-refractivity contribution is 7.17. The molecule has 0 atom stereocenters. The predicted molar refractivity (Wildman–Crippen MR) is 148 cm³/mol. The van der Waals surface area contributed by atoms with Crippen molar-refractivity contribution < 1.29 is 0 Å². The Labute approximate surface area is 197 Å². The number of benzene rings is 3. The molecule has 0 unspecified atom stereocenters. The van der Waals surface area contributed by atoms with Crippen molar-refractivity contribution in [2.24, 2.45) is 9.98 Å². The molecule has 5 aromatic rings. The standard InChI is InChI=1S/C28H28N2S2/c1-5-19(6-2)29-27-21-13-17-9-11-32-26(17)16-24(21)28(30-20(7-3)8-4)22-14-18-10-12-31-25(18)15-23(22)27/h9-16H,5-8H2,1-4H3. The third-order valence-electron chi connectivity index (χ3n) is 6.38. The van der Waals surface area contributed by atoms with Crippen LogP contribution in [0.1, 0.15) is 53.4 Å². The fourth-order valence-electron chi connectivity index (χ4n) is 4.47. The molecule has 0 bridgehead atoms. The fraction of sp³-hybridized carbons (Fsp3) is 0.286. The van der Waals surface area contributed by atoms with Gasteiger partial charge in [-0.2, -0.15) is 0 Å². The van der Waals surface area contributed by atoms with Gasteiger partial charge in [-0.3, -0.25) is 9.98 Å². The van der Waals surface area contributed by atoms with E-state index < -0.39 is 0 Å². The third-order valence-corrected chi connectivity index (χ3v) is 8.14. The Morgan fingerprint density at radius 3 is 1.34 bits per heavy atom. The normalized spacial score (nSPS) is 11.6. The van der Waals surface area contributed by atoms with Gasteiger partial charge in [-0.1, -0.05) is 27.7 Å². The lowest BCUT2D eigenvalue weighted by Gasteiger charge is -2.15. The average Bonchev–Trinajstić information content (AvgIpc) is 3.47. The van der Waals surface area contributed by atoms with Crippen molar-refractivity contribution in [1.82, 2.24) is 0 Å². The highest BCUT2D eigenvalue weighted by Crippen LogP contribution is 2.47. The molecule has 0 aliphatic heterocycles. The topological polar surface area (TPSA) is 24.7 Å². The van der Waals surface area contributed by atoms with Gasteiger partial charge in [-0.15, -0.1) is 22.7 Å². The summed E-state index contributed by atoms with van der Waals surface area (Å²) >= 11 is 3.59. The second kappa shape index (κ2) is 8.76. The summed E-state index contributed by atoms with van der Waals surface area (Å²) < 4.78 is 2.61. The van der Waals surface area contributed by atoms with Crippen molar-refractivity contribution in [3.63, 3.8) is 0 Å². The van der Waals surface area contributed by atoms with Crippen LogP contribution < -0.4 is 0 Å². The van der Waals surface area contributed by atoms with E-state index >= 15 is 0 Å². The molecule has 0 radical (unpaired) electrons. The van der Waals surface area contributed by atoms with Gasteiger partial charge in [0.25, 0.3) is 0 Å². The zero-order chi connectivity index (χ0) is 22.2. The molecular weight excluding hydrogens is 428 g/mol. The Balaban J connectivity index is 2.04. The number of thiophene rings is 2. The molecule has 0 spiro atoms. The van der Waals surface area contributed by atoms with Gasteiger partial charge in [-0.05, 0) is 83.6 Å². The summed E-state index contributed by atoms with van der Waals surface area (Å²) in [6.45, 7) is 8.81. The summed E-state index contributed by atoms with van der Waals surface area (Å²) in [5, 5.41) is 11.8. The van der Waals surface area contributed by atoms with Crippen LogP contribution in [0.5, 0.6) is 0 Å². The summed E-state index contributed by atoms with van der Waals surface area (Å²) in [5.74, 6) is 0. The van der Waals surface area contributed by atoms with E-state index in [0.717, 1.165) is 37.1 Å². The number of aliphatic imine (C=N–C) groups is 2. The molecule has 2 heterocycles. The van der Waals surface area contributed by atoms with E-state index in [1.165, 1.54) is 53.1 Å². The van der Waals surface area contributed by atoms with Crippen molar-refractivity contribution in [2.75, 3.05) is 0 Å². The number of hydrogen-bond acceptors (Lipinski definition) is 4. The maximum Gasteiger partial charge on any atom is 0.0788 e. The Kier molecular flexibility index (Phi) is 5.83. The van der Waals surface area contributed by atoms with Crippen LogP contribution in [-0.2, 0) is 0 Å². The minimum atomic E-state index is 0.969. The van der Waals surface area contributed by atoms with E-state index in [9.17, 15) is 0 Å². The Morgan fingerprint density at radius 2 is 0.969 bits per heavy atom. The van der Waals surface area contributed by atoms with Crippen LogP contribution in [0, 0.1) is 0 Å². The molecule has 0 saturated carbocycles. The van der Waals surface area contributed by atoms with Gasteiger partial charge in [0.05, 0.1) is 11.4 Å². The van der Waals surface area contributed by atoms with Crippen molar-refractivity contribution in [3.8, 4) is 0 Å². The Hall–Kier alpha value is -2.56. The Bertz CT molecular complexity index is 1300. The molecule has 5 rings (SSSR count). The highest BCUT2D eigenvalue weighted by Gasteiger charge is 2.17. The van der Waals surface area contributed by atoms with Gasteiger partial charge in [-0.25, -0.2) is 0 Å². The van der Waals surface area contributed by atoms with Crippen LogP contribution >= 0.6 is 22.7 Å². The lowest BCUT2D eigenvalue weighted by Crippen LogP contribution is -1.94. The monoisotopic (exact) mass is 456 g/mol. The van der Waals surface area contributed by atoms with Crippen LogP contribution in [0.15, 0.2) is 57.1 Å². The second-order valence-corrected chi connectivity index (χ2v) is 10.1. The smallest absolute Gasteiger partial charge is 0.0788 e. The van der Waals surface area contributed by atoms with Crippen LogP contribution in [0.3, 0.4) is 0 Å². The molecular formula is C28H28N2S2. The number of fused-ring (bicyclic) bond motifs is 4. The van der Waals surface area contributed by atoms with Gasteiger partial charge in [0, 0.05) is 42.4 Å². The maximum absolute atomic E-state index is 5.27. The first-order valence-corrected chi connectivity index (χ1v) is 13.3. The molecule has 162 valence electrons. The lowest BCUT2D eigenvalue weighted by molar-refractivity contribution is 1.15. The maximum atomic E-state index is 5.27. The SMILES string of the molecule is CCC(CC)=Nc1c2cc3ccsc3cc2c(N=C(CC)CC)c2cc3ccsc3cc12. The molecule has 0 saturated heterocycles. The van der Waals surface area contributed by atoms with Crippen LogP contribution in [0.25, 0.3) is 41.7 Å². The molecule has 3 aromatic carbocycles. The second-order valence-electron chi connectivity index (χ2n) is 8.18. The van der Waals surface area contributed by atoms with Gasteiger partial charge < -0.3 is 0 Å². The fourth-order valence-corrected chi connectivity index (χ4v) is 6.09. The van der Waals surface area contributed by atoms with Crippen molar-refractivity contribution in [1.29, 1.82) is 0 Å². The predicted octanol–water partition coefficient (Wildman–Crippen LogP) is 10.2. The average molecular weight is 457 g/mol. The number of hydrogen-bond donors (Lipinski definition) is 0. The van der Waals surface area contributed by atoms with Crippen molar-refractivity contribution in [2.45, 2.75) is 53.4 Å². The van der Waals surface area contributed by atoms with E-state index in [-0.39, 0.29) is 0 Å². The Morgan fingerprint density at radius 1 is 0.594 bits per heavy atom.